The van der Waals surface area contributed by atoms with Gasteiger partial charge in [0, 0.05) is 38.8 Å². The van der Waals surface area contributed by atoms with Gasteiger partial charge in [0.1, 0.15) is 0 Å². The van der Waals surface area contributed by atoms with E-state index in [0.717, 1.165) is 45.4 Å². The first kappa shape index (κ1) is 25.1. The van der Waals surface area contributed by atoms with Crippen molar-refractivity contribution in [2.75, 3.05) is 46.5 Å². The van der Waals surface area contributed by atoms with Crippen molar-refractivity contribution in [2.24, 2.45) is 10.9 Å². The smallest absolute Gasteiger partial charge is 0.191 e. The molecule has 7 heteroatoms. The van der Waals surface area contributed by atoms with Gasteiger partial charge < -0.3 is 20.1 Å². The second-order valence-corrected chi connectivity index (χ2v) is 7.45. The number of guanidine groups is 1. The number of hydrogen-bond acceptors (Lipinski definition) is 4. The number of aliphatic imine (C=N–C) groups is 1. The van der Waals surface area contributed by atoms with Gasteiger partial charge in [-0.05, 0) is 25.3 Å². The van der Waals surface area contributed by atoms with Gasteiger partial charge in [0.2, 0.25) is 0 Å². The van der Waals surface area contributed by atoms with E-state index in [-0.39, 0.29) is 24.0 Å². The number of morpholine rings is 1. The van der Waals surface area contributed by atoms with E-state index in [1.807, 2.05) is 25.2 Å². The standard InChI is InChI=1S/C21H36N4O2.HI/c1-17(14-27-16-20-8-6-5-7-9-20)12-23-21(22-4)24-13-18(2)25-10-11-26-15-19(25)3;/h5-9,17-19H,10-16H2,1-4H3,(H2,22,23,24);1H. The third kappa shape index (κ3) is 9.07. The number of benzene rings is 1. The molecule has 6 nitrogen and oxygen atoms in total. The van der Waals surface area contributed by atoms with E-state index in [9.17, 15) is 0 Å². The molecule has 1 aliphatic rings. The van der Waals surface area contributed by atoms with Crippen LogP contribution in [-0.4, -0.2) is 69.4 Å². The van der Waals surface area contributed by atoms with Crippen LogP contribution in [-0.2, 0) is 16.1 Å². The third-order valence-corrected chi connectivity index (χ3v) is 4.91. The highest BCUT2D eigenvalue weighted by Gasteiger charge is 2.23. The lowest BCUT2D eigenvalue weighted by atomic mass is 10.2. The Morgan fingerprint density at radius 1 is 1.25 bits per heavy atom. The van der Waals surface area contributed by atoms with Crippen molar-refractivity contribution in [3.63, 3.8) is 0 Å². The lowest BCUT2D eigenvalue weighted by Crippen LogP contribution is -2.53. The van der Waals surface area contributed by atoms with Gasteiger partial charge in [-0.2, -0.15) is 0 Å². The number of rotatable bonds is 9. The summed E-state index contributed by atoms with van der Waals surface area (Å²) in [6, 6.07) is 11.2. The molecule has 0 saturated carbocycles. The molecule has 1 heterocycles. The fourth-order valence-electron chi connectivity index (χ4n) is 3.26. The number of nitrogens with zero attached hydrogens (tertiary/aromatic N) is 2. The van der Waals surface area contributed by atoms with Crippen LogP contribution in [0.25, 0.3) is 0 Å². The van der Waals surface area contributed by atoms with Crippen LogP contribution >= 0.6 is 24.0 Å². The van der Waals surface area contributed by atoms with E-state index in [1.165, 1.54) is 5.56 Å². The van der Waals surface area contributed by atoms with Gasteiger partial charge in [0.05, 0.1) is 26.4 Å². The van der Waals surface area contributed by atoms with Crippen LogP contribution in [0.2, 0.25) is 0 Å². The average molecular weight is 504 g/mol. The zero-order valence-corrected chi connectivity index (χ0v) is 20.0. The Hall–Kier alpha value is -0.900. The number of nitrogens with one attached hydrogen (secondary N) is 2. The summed E-state index contributed by atoms with van der Waals surface area (Å²) < 4.78 is 11.3. The third-order valence-electron chi connectivity index (χ3n) is 4.91. The number of halogens is 1. The Kier molecular flexibility index (Phi) is 12.7. The highest BCUT2D eigenvalue weighted by atomic mass is 127. The topological polar surface area (TPSA) is 58.1 Å². The van der Waals surface area contributed by atoms with Crippen LogP contribution in [0, 0.1) is 5.92 Å². The van der Waals surface area contributed by atoms with Gasteiger partial charge in [-0.3, -0.25) is 9.89 Å². The van der Waals surface area contributed by atoms with Gasteiger partial charge in [-0.1, -0.05) is 37.3 Å². The van der Waals surface area contributed by atoms with Gasteiger partial charge in [0.25, 0.3) is 0 Å². The Labute approximate surface area is 187 Å². The molecular weight excluding hydrogens is 467 g/mol. The van der Waals surface area contributed by atoms with Crippen LogP contribution in [0.4, 0.5) is 0 Å². The van der Waals surface area contributed by atoms with Crippen molar-refractivity contribution in [1.29, 1.82) is 0 Å². The zero-order valence-electron chi connectivity index (χ0n) is 17.7. The van der Waals surface area contributed by atoms with Crippen LogP contribution in [0.15, 0.2) is 35.3 Å². The molecule has 0 radical (unpaired) electrons. The maximum absolute atomic E-state index is 5.82. The van der Waals surface area contributed by atoms with E-state index in [0.29, 0.717) is 24.6 Å². The second-order valence-electron chi connectivity index (χ2n) is 7.45. The van der Waals surface area contributed by atoms with Crippen LogP contribution in [0.3, 0.4) is 0 Å². The fraction of sp³-hybridized carbons (Fsp3) is 0.667. The summed E-state index contributed by atoms with van der Waals surface area (Å²) in [5.41, 5.74) is 1.21. The Bertz CT molecular complexity index is 559. The molecule has 0 spiro atoms. The van der Waals surface area contributed by atoms with Crippen molar-refractivity contribution >= 4 is 29.9 Å². The molecule has 1 aromatic carbocycles. The Morgan fingerprint density at radius 3 is 2.64 bits per heavy atom. The minimum Gasteiger partial charge on any atom is -0.379 e. The molecular formula is C21H37IN4O2. The monoisotopic (exact) mass is 504 g/mol. The summed E-state index contributed by atoms with van der Waals surface area (Å²) in [5.74, 6) is 1.25. The largest absolute Gasteiger partial charge is 0.379 e. The number of hydrogen-bond donors (Lipinski definition) is 2. The summed E-state index contributed by atoms with van der Waals surface area (Å²) in [6.07, 6.45) is 0. The molecule has 1 aliphatic heterocycles. The van der Waals surface area contributed by atoms with Crippen LogP contribution in [0.1, 0.15) is 26.3 Å². The van der Waals surface area contributed by atoms with E-state index >= 15 is 0 Å². The zero-order chi connectivity index (χ0) is 19.5. The predicted molar refractivity (Wildman–Crippen MR) is 126 cm³/mol. The first-order valence-electron chi connectivity index (χ1n) is 9.99. The van der Waals surface area contributed by atoms with E-state index in [1.54, 1.807) is 0 Å². The minimum atomic E-state index is 0. The van der Waals surface area contributed by atoms with Crippen molar-refractivity contribution in [2.45, 2.75) is 39.5 Å². The first-order chi connectivity index (χ1) is 13.1. The molecule has 0 aromatic heterocycles. The summed E-state index contributed by atoms with van der Waals surface area (Å²) in [5, 5.41) is 6.84. The Balaban J connectivity index is 0.00000392. The molecule has 160 valence electrons. The molecule has 2 rings (SSSR count). The fourth-order valence-corrected chi connectivity index (χ4v) is 3.26. The highest BCUT2D eigenvalue weighted by Crippen LogP contribution is 2.10. The molecule has 1 fully saturated rings. The molecule has 1 aromatic rings. The van der Waals surface area contributed by atoms with Gasteiger partial charge in [-0.15, -0.1) is 24.0 Å². The molecule has 0 aliphatic carbocycles. The quantitative estimate of drug-likeness (QED) is 0.308. The van der Waals surface area contributed by atoms with E-state index in [2.05, 4.69) is 53.4 Å². The second kappa shape index (κ2) is 14.1. The van der Waals surface area contributed by atoms with Crippen molar-refractivity contribution < 1.29 is 9.47 Å². The summed E-state index contributed by atoms with van der Waals surface area (Å²) >= 11 is 0. The molecule has 1 saturated heterocycles. The van der Waals surface area contributed by atoms with Crippen LogP contribution in [0.5, 0.6) is 0 Å². The summed E-state index contributed by atoms with van der Waals surface area (Å²) in [7, 11) is 1.81. The molecule has 0 bridgehead atoms. The first-order valence-corrected chi connectivity index (χ1v) is 9.99. The average Bonchev–Trinajstić information content (AvgIpc) is 2.69. The molecule has 2 N–H and O–H groups in total. The maximum Gasteiger partial charge on any atom is 0.191 e. The Morgan fingerprint density at radius 2 is 1.96 bits per heavy atom. The van der Waals surface area contributed by atoms with E-state index < -0.39 is 0 Å². The minimum absolute atomic E-state index is 0. The molecule has 28 heavy (non-hydrogen) atoms. The van der Waals surface area contributed by atoms with Gasteiger partial charge in [0.15, 0.2) is 5.96 Å². The SMILES string of the molecule is CN=C(NCC(C)COCc1ccccc1)NCC(C)N1CCOCC1C.I. The molecule has 3 atom stereocenters. The van der Waals surface area contributed by atoms with Crippen LogP contribution < -0.4 is 10.6 Å². The maximum atomic E-state index is 5.82. The molecule has 3 unspecified atom stereocenters. The van der Waals surface area contributed by atoms with Crippen molar-refractivity contribution in [1.82, 2.24) is 15.5 Å². The van der Waals surface area contributed by atoms with Gasteiger partial charge >= 0.3 is 0 Å². The van der Waals surface area contributed by atoms with Crippen molar-refractivity contribution in [3.05, 3.63) is 35.9 Å². The predicted octanol–water partition coefficient (Wildman–Crippen LogP) is 2.73. The van der Waals surface area contributed by atoms with E-state index in [4.69, 9.17) is 9.47 Å². The van der Waals surface area contributed by atoms with Gasteiger partial charge in [-0.25, -0.2) is 0 Å². The normalized spacial score (nSPS) is 20.1. The molecule has 0 amide bonds. The lowest BCUT2D eigenvalue weighted by Gasteiger charge is -2.38. The lowest BCUT2D eigenvalue weighted by molar-refractivity contribution is -0.0174. The van der Waals surface area contributed by atoms with Crippen molar-refractivity contribution in [3.8, 4) is 0 Å². The summed E-state index contributed by atoms with van der Waals surface area (Å²) in [6.45, 7) is 12.4. The summed E-state index contributed by atoms with van der Waals surface area (Å²) in [4.78, 5) is 6.82. The number of ether oxygens (including phenoxy) is 2. The highest BCUT2D eigenvalue weighted by molar-refractivity contribution is 14.0.